The first kappa shape index (κ1) is 17.3. The second kappa shape index (κ2) is 9.26. The largest absolute Gasteiger partial charge is 0.384 e. The fourth-order valence-electron chi connectivity index (χ4n) is 2.15. The number of Topliss-reactive ketones (excluding diaryl/α,β-unsaturated/α-hetero) is 1. The van der Waals surface area contributed by atoms with Gasteiger partial charge in [-0.2, -0.15) is 0 Å². The minimum Gasteiger partial charge on any atom is -0.384 e. The zero-order valence-electron chi connectivity index (χ0n) is 12.7. The third-order valence-electron chi connectivity index (χ3n) is 3.49. The van der Waals surface area contributed by atoms with Crippen LogP contribution < -0.4 is 16.8 Å². The van der Waals surface area contributed by atoms with Crippen molar-refractivity contribution in [1.82, 2.24) is 5.32 Å². The van der Waals surface area contributed by atoms with Gasteiger partial charge in [-0.15, -0.1) is 0 Å². The van der Waals surface area contributed by atoms with Crippen molar-refractivity contribution in [2.45, 2.75) is 45.2 Å². The highest BCUT2D eigenvalue weighted by Crippen LogP contribution is 2.07. The number of unbranched alkanes of at least 4 members (excludes halogenated alkanes) is 1. The molecule has 0 saturated heterocycles. The summed E-state index contributed by atoms with van der Waals surface area (Å²) < 4.78 is 0. The summed E-state index contributed by atoms with van der Waals surface area (Å²) in [6, 6.07) is 7.40. The van der Waals surface area contributed by atoms with Crippen molar-refractivity contribution < 1.29 is 4.79 Å². The summed E-state index contributed by atoms with van der Waals surface area (Å²) in [5.74, 6) is 0.322. The Hall–Kier alpha value is -1.72. The van der Waals surface area contributed by atoms with Crippen LogP contribution >= 0.6 is 0 Å². The lowest BCUT2D eigenvalue weighted by Crippen LogP contribution is -2.35. The van der Waals surface area contributed by atoms with E-state index < -0.39 is 0 Å². The molecular weight excluding hydrogens is 264 g/mol. The molecule has 0 aromatic heterocycles. The van der Waals surface area contributed by atoms with Gasteiger partial charge in [0.25, 0.3) is 0 Å². The zero-order valence-corrected chi connectivity index (χ0v) is 12.7. The van der Waals surface area contributed by atoms with E-state index in [0.717, 1.165) is 24.8 Å². The number of nitrogen functional groups attached to an aromatic ring is 1. The first-order valence-electron chi connectivity index (χ1n) is 7.48. The minimum atomic E-state index is -0.102. The summed E-state index contributed by atoms with van der Waals surface area (Å²) in [6.07, 6.45) is 3.13. The van der Waals surface area contributed by atoms with Crippen LogP contribution in [0, 0.1) is 5.41 Å². The van der Waals surface area contributed by atoms with Gasteiger partial charge in [0.05, 0.1) is 6.04 Å². The highest BCUT2D eigenvalue weighted by molar-refractivity contribution is 5.94. The van der Waals surface area contributed by atoms with Crippen LogP contribution in [0.25, 0.3) is 0 Å². The van der Waals surface area contributed by atoms with Gasteiger partial charge in [0.2, 0.25) is 0 Å². The number of nitrogens with two attached hydrogens (primary N) is 2. The van der Waals surface area contributed by atoms with Gasteiger partial charge < -0.3 is 16.8 Å². The molecule has 0 aliphatic rings. The van der Waals surface area contributed by atoms with Gasteiger partial charge in [-0.25, -0.2) is 0 Å². The molecule has 0 spiro atoms. The van der Waals surface area contributed by atoms with E-state index in [2.05, 4.69) is 5.32 Å². The highest BCUT2D eigenvalue weighted by atomic mass is 16.1. The van der Waals surface area contributed by atoms with Gasteiger partial charge in [0.15, 0.2) is 0 Å². The SMILES string of the molecule is CCC(NCc1ccc(C(=N)N)cc1)C(=O)CCCCN. The fraction of sp³-hybridized carbons (Fsp3) is 0.500. The lowest BCUT2D eigenvalue weighted by atomic mass is 10.0. The van der Waals surface area contributed by atoms with Crippen LogP contribution in [0.3, 0.4) is 0 Å². The first-order chi connectivity index (χ1) is 10.1. The molecule has 0 aliphatic heterocycles. The maximum atomic E-state index is 12.1. The van der Waals surface area contributed by atoms with E-state index in [1.54, 1.807) is 0 Å². The molecule has 5 heteroatoms. The maximum Gasteiger partial charge on any atom is 0.149 e. The van der Waals surface area contributed by atoms with E-state index in [1.165, 1.54) is 0 Å². The van der Waals surface area contributed by atoms with Gasteiger partial charge in [-0.1, -0.05) is 31.2 Å². The van der Waals surface area contributed by atoms with Gasteiger partial charge in [-0.3, -0.25) is 10.2 Å². The lowest BCUT2D eigenvalue weighted by molar-refractivity contribution is -0.121. The van der Waals surface area contributed by atoms with Crippen LogP contribution in [0.2, 0.25) is 0 Å². The van der Waals surface area contributed by atoms with E-state index in [9.17, 15) is 4.79 Å². The van der Waals surface area contributed by atoms with Crippen LogP contribution in [0.15, 0.2) is 24.3 Å². The van der Waals surface area contributed by atoms with E-state index in [-0.39, 0.29) is 17.7 Å². The van der Waals surface area contributed by atoms with Crippen molar-refractivity contribution in [3.8, 4) is 0 Å². The van der Waals surface area contributed by atoms with Crippen molar-refractivity contribution in [3.63, 3.8) is 0 Å². The van der Waals surface area contributed by atoms with E-state index in [0.29, 0.717) is 25.1 Å². The lowest BCUT2D eigenvalue weighted by Gasteiger charge is -2.16. The van der Waals surface area contributed by atoms with Crippen molar-refractivity contribution in [3.05, 3.63) is 35.4 Å². The molecule has 0 aliphatic carbocycles. The average molecular weight is 290 g/mol. The zero-order chi connectivity index (χ0) is 15.7. The Morgan fingerprint density at radius 2 is 1.95 bits per heavy atom. The van der Waals surface area contributed by atoms with Crippen LogP contribution in [0.1, 0.15) is 43.7 Å². The Kier molecular flexibility index (Phi) is 7.64. The Morgan fingerprint density at radius 3 is 2.48 bits per heavy atom. The van der Waals surface area contributed by atoms with Crippen LogP contribution in [-0.4, -0.2) is 24.2 Å². The smallest absolute Gasteiger partial charge is 0.149 e. The van der Waals surface area contributed by atoms with Gasteiger partial charge in [0, 0.05) is 18.5 Å². The normalized spacial score (nSPS) is 12.1. The quantitative estimate of drug-likeness (QED) is 0.298. The Labute approximate surface area is 126 Å². The minimum absolute atomic E-state index is 0.0658. The van der Waals surface area contributed by atoms with Crippen molar-refractivity contribution >= 4 is 11.6 Å². The molecule has 0 amide bonds. The number of benzene rings is 1. The standard InChI is InChI=1S/C16H26N4O/c1-2-14(15(21)5-3-4-10-17)20-11-12-6-8-13(9-7-12)16(18)19/h6-9,14,20H,2-5,10-11,17H2,1H3,(H3,18,19). The molecule has 0 radical (unpaired) electrons. The maximum absolute atomic E-state index is 12.1. The molecule has 0 fully saturated rings. The van der Waals surface area contributed by atoms with Crippen molar-refractivity contribution in [1.29, 1.82) is 5.41 Å². The molecule has 5 nitrogen and oxygen atoms in total. The number of hydrogen-bond acceptors (Lipinski definition) is 4. The monoisotopic (exact) mass is 290 g/mol. The third-order valence-corrected chi connectivity index (χ3v) is 3.49. The van der Waals surface area contributed by atoms with Crippen LogP contribution in [0.4, 0.5) is 0 Å². The fourth-order valence-corrected chi connectivity index (χ4v) is 2.15. The predicted molar refractivity (Wildman–Crippen MR) is 86.3 cm³/mol. The molecule has 0 heterocycles. The number of ketones is 1. The Bertz CT molecular complexity index is 456. The number of amidine groups is 1. The number of carbonyl (C=O) groups is 1. The summed E-state index contributed by atoms with van der Waals surface area (Å²) in [5, 5.41) is 10.6. The second-order valence-corrected chi connectivity index (χ2v) is 5.16. The summed E-state index contributed by atoms with van der Waals surface area (Å²) in [7, 11) is 0. The molecule has 1 atom stereocenters. The summed E-state index contributed by atoms with van der Waals surface area (Å²) >= 11 is 0. The third kappa shape index (κ3) is 6.06. The van der Waals surface area contributed by atoms with Crippen molar-refractivity contribution in [2.75, 3.05) is 6.54 Å². The number of rotatable bonds is 10. The van der Waals surface area contributed by atoms with Crippen LogP contribution in [0.5, 0.6) is 0 Å². The average Bonchev–Trinajstić information content (AvgIpc) is 2.48. The molecule has 1 aromatic rings. The number of nitrogens with one attached hydrogen (secondary N) is 2. The summed E-state index contributed by atoms with van der Waals surface area (Å²) in [6.45, 7) is 3.29. The molecule has 116 valence electrons. The van der Waals surface area contributed by atoms with E-state index >= 15 is 0 Å². The molecule has 1 rings (SSSR count). The molecule has 1 unspecified atom stereocenters. The molecule has 0 saturated carbocycles. The molecular formula is C16H26N4O. The van der Waals surface area contributed by atoms with Gasteiger partial charge in [0.1, 0.15) is 11.6 Å². The molecule has 21 heavy (non-hydrogen) atoms. The molecule has 6 N–H and O–H groups in total. The second-order valence-electron chi connectivity index (χ2n) is 5.16. The first-order valence-corrected chi connectivity index (χ1v) is 7.48. The number of carbonyl (C=O) groups excluding carboxylic acids is 1. The molecule has 0 bridgehead atoms. The van der Waals surface area contributed by atoms with Gasteiger partial charge in [-0.05, 0) is 31.4 Å². The number of hydrogen-bond donors (Lipinski definition) is 4. The van der Waals surface area contributed by atoms with E-state index in [1.807, 2.05) is 31.2 Å². The van der Waals surface area contributed by atoms with Crippen molar-refractivity contribution in [2.24, 2.45) is 11.5 Å². The van der Waals surface area contributed by atoms with E-state index in [4.69, 9.17) is 16.9 Å². The Morgan fingerprint density at radius 1 is 1.29 bits per heavy atom. The van der Waals surface area contributed by atoms with Crippen LogP contribution in [-0.2, 0) is 11.3 Å². The summed E-state index contributed by atoms with van der Waals surface area (Å²) in [5.41, 5.74) is 12.6. The highest BCUT2D eigenvalue weighted by Gasteiger charge is 2.14. The molecule has 1 aromatic carbocycles. The summed E-state index contributed by atoms with van der Waals surface area (Å²) in [4.78, 5) is 12.1. The topological polar surface area (TPSA) is 105 Å². The van der Waals surface area contributed by atoms with Gasteiger partial charge >= 0.3 is 0 Å². The predicted octanol–water partition coefficient (Wildman–Crippen LogP) is 1.54. The Balaban J connectivity index is 2.47.